The molecule has 0 amide bonds. The van der Waals surface area contributed by atoms with Gasteiger partial charge in [-0.3, -0.25) is 4.98 Å². The van der Waals surface area contributed by atoms with Gasteiger partial charge in [-0.2, -0.15) is 0 Å². The minimum atomic E-state index is -3.60. The number of nitrogens with zero attached hydrogens (tertiary/aromatic N) is 2. The second-order valence-electron chi connectivity index (χ2n) is 7.37. The summed E-state index contributed by atoms with van der Waals surface area (Å²) in [4.78, 5) is 6.96. The van der Waals surface area contributed by atoms with Crippen molar-refractivity contribution < 1.29 is 8.42 Å². The molecule has 1 aromatic heterocycles. The normalized spacial score (nSPS) is 20.7. The molecule has 0 aliphatic carbocycles. The van der Waals surface area contributed by atoms with Gasteiger partial charge < -0.3 is 4.90 Å². The summed E-state index contributed by atoms with van der Waals surface area (Å²) in [5, 5.41) is 0.848. The van der Waals surface area contributed by atoms with Crippen LogP contribution in [0.3, 0.4) is 0 Å². The van der Waals surface area contributed by atoms with Crippen molar-refractivity contribution in [3.63, 3.8) is 0 Å². The molecule has 6 heteroatoms. The van der Waals surface area contributed by atoms with Crippen molar-refractivity contribution in [1.29, 1.82) is 0 Å². The first-order valence-electron chi connectivity index (χ1n) is 8.95. The van der Waals surface area contributed by atoms with Crippen molar-refractivity contribution in [2.24, 2.45) is 5.92 Å². The van der Waals surface area contributed by atoms with Crippen LogP contribution >= 0.6 is 0 Å². The second kappa shape index (κ2) is 7.40. The van der Waals surface area contributed by atoms with Crippen molar-refractivity contribution >= 4 is 20.9 Å². The van der Waals surface area contributed by atoms with Crippen LogP contribution in [-0.2, 0) is 10.0 Å². The predicted octanol–water partition coefficient (Wildman–Crippen LogP) is 2.94. The number of rotatable bonds is 5. The van der Waals surface area contributed by atoms with E-state index in [2.05, 4.69) is 21.5 Å². The van der Waals surface area contributed by atoms with Crippen LogP contribution in [0.25, 0.3) is 10.9 Å². The third-order valence-electron chi connectivity index (χ3n) is 4.73. The molecular formula is C19H27N3O2S. The smallest absolute Gasteiger partial charge is 0.243 e. The Hall–Kier alpha value is -1.50. The highest BCUT2D eigenvalue weighted by molar-refractivity contribution is 7.89. The highest BCUT2D eigenvalue weighted by Crippen LogP contribution is 2.22. The van der Waals surface area contributed by atoms with Gasteiger partial charge in [0.1, 0.15) is 4.90 Å². The molecule has 25 heavy (non-hydrogen) atoms. The number of nitrogens with one attached hydrogen (secondary N) is 1. The first kappa shape index (κ1) is 18.3. The third-order valence-corrected chi connectivity index (χ3v) is 6.35. The van der Waals surface area contributed by atoms with Crippen LogP contribution < -0.4 is 4.72 Å². The van der Waals surface area contributed by atoms with E-state index >= 15 is 0 Å². The van der Waals surface area contributed by atoms with E-state index in [4.69, 9.17) is 0 Å². The molecule has 1 aromatic carbocycles. The van der Waals surface area contributed by atoms with Crippen LogP contribution in [0.2, 0.25) is 0 Å². The minimum absolute atomic E-state index is 0.143. The minimum Gasteiger partial charge on any atom is -0.301 e. The summed E-state index contributed by atoms with van der Waals surface area (Å²) in [6, 6.07) is 7.11. The summed E-state index contributed by atoms with van der Waals surface area (Å²) in [5.41, 5.74) is 1.54. The van der Waals surface area contributed by atoms with Crippen LogP contribution in [0.5, 0.6) is 0 Å². The molecule has 0 radical (unpaired) electrons. The number of piperidine rings is 1. The first-order valence-corrected chi connectivity index (χ1v) is 10.4. The molecule has 136 valence electrons. The third kappa shape index (κ3) is 4.37. The zero-order valence-electron chi connectivity index (χ0n) is 15.2. The number of benzene rings is 1. The Kier molecular flexibility index (Phi) is 5.41. The lowest BCUT2D eigenvalue weighted by Gasteiger charge is -2.32. The van der Waals surface area contributed by atoms with Crippen LogP contribution in [0.1, 0.15) is 32.3 Å². The van der Waals surface area contributed by atoms with E-state index in [-0.39, 0.29) is 10.9 Å². The Morgan fingerprint density at radius 2 is 2.20 bits per heavy atom. The van der Waals surface area contributed by atoms with Crippen LogP contribution in [0.4, 0.5) is 0 Å². The average molecular weight is 362 g/mol. The van der Waals surface area contributed by atoms with E-state index in [1.54, 1.807) is 18.3 Å². The Morgan fingerprint density at radius 3 is 2.96 bits per heavy atom. The number of aromatic nitrogens is 1. The van der Waals surface area contributed by atoms with Crippen LogP contribution in [-0.4, -0.2) is 44.0 Å². The van der Waals surface area contributed by atoms with E-state index < -0.39 is 10.0 Å². The lowest BCUT2D eigenvalue weighted by atomic mass is 10.00. The molecule has 0 bridgehead atoms. The van der Waals surface area contributed by atoms with E-state index in [0.717, 1.165) is 30.6 Å². The van der Waals surface area contributed by atoms with Gasteiger partial charge in [0, 0.05) is 30.7 Å². The number of para-hydroxylation sites is 1. The monoisotopic (exact) mass is 361 g/mol. The number of aryl methyl sites for hydroxylation is 1. The van der Waals surface area contributed by atoms with Gasteiger partial charge in [0.25, 0.3) is 0 Å². The van der Waals surface area contributed by atoms with E-state index in [9.17, 15) is 8.42 Å². The van der Waals surface area contributed by atoms with Crippen LogP contribution in [0.15, 0.2) is 35.4 Å². The maximum absolute atomic E-state index is 12.9. The topological polar surface area (TPSA) is 62.3 Å². The van der Waals surface area contributed by atoms with E-state index in [1.165, 1.54) is 12.8 Å². The fourth-order valence-corrected chi connectivity index (χ4v) is 5.08. The maximum atomic E-state index is 12.9. The Morgan fingerprint density at radius 1 is 1.40 bits per heavy atom. The molecule has 2 heterocycles. The Labute approximate surface area is 150 Å². The molecule has 0 spiro atoms. The van der Waals surface area contributed by atoms with Crippen molar-refractivity contribution in [3.8, 4) is 0 Å². The zero-order valence-corrected chi connectivity index (χ0v) is 16.0. The molecule has 1 fully saturated rings. The number of likely N-dealkylation sites (tertiary alicyclic amines) is 1. The summed E-state index contributed by atoms with van der Waals surface area (Å²) in [6.45, 7) is 8.96. The lowest BCUT2D eigenvalue weighted by Crippen LogP contribution is -2.45. The number of fused-ring (bicyclic) bond motifs is 1. The highest BCUT2D eigenvalue weighted by Gasteiger charge is 2.23. The summed E-state index contributed by atoms with van der Waals surface area (Å²) in [5.74, 6) is 0.683. The van der Waals surface area contributed by atoms with Gasteiger partial charge in [-0.1, -0.05) is 19.1 Å². The summed E-state index contributed by atoms with van der Waals surface area (Å²) < 4.78 is 28.6. The van der Waals surface area contributed by atoms with Gasteiger partial charge in [-0.15, -0.1) is 0 Å². The van der Waals surface area contributed by atoms with Crippen molar-refractivity contribution in [2.75, 3.05) is 19.6 Å². The van der Waals surface area contributed by atoms with Crippen LogP contribution in [0, 0.1) is 12.8 Å². The number of sulfonamides is 1. The number of hydrogen-bond donors (Lipinski definition) is 1. The standard InChI is InChI=1S/C19H27N3O2S/c1-14-6-5-9-22(12-14)13-16(3)21-25(23,24)18-8-4-7-17-10-15(2)11-20-19(17)18/h4,7-8,10-11,14,16,21H,5-6,9,12-13H2,1-3H3/t14-,16+/m0/s1. The molecule has 1 N–H and O–H groups in total. The molecule has 2 atom stereocenters. The quantitative estimate of drug-likeness (QED) is 0.889. The molecule has 0 saturated carbocycles. The highest BCUT2D eigenvalue weighted by atomic mass is 32.2. The fourth-order valence-electron chi connectivity index (χ4n) is 3.67. The molecule has 5 nitrogen and oxygen atoms in total. The summed E-state index contributed by atoms with van der Waals surface area (Å²) in [6.07, 6.45) is 4.16. The predicted molar refractivity (Wildman–Crippen MR) is 101 cm³/mol. The van der Waals surface area contributed by atoms with Gasteiger partial charge in [0.05, 0.1) is 5.52 Å². The Bertz CT molecular complexity index is 851. The summed E-state index contributed by atoms with van der Waals surface area (Å²) >= 11 is 0. The average Bonchev–Trinajstić information content (AvgIpc) is 2.53. The van der Waals surface area contributed by atoms with Gasteiger partial charge in [0.15, 0.2) is 0 Å². The molecule has 1 aliphatic rings. The first-order chi connectivity index (χ1) is 11.8. The van der Waals surface area contributed by atoms with Gasteiger partial charge in [-0.05, 0) is 56.8 Å². The fraction of sp³-hybridized carbons (Fsp3) is 0.526. The SMILES string of the molecule is Cc1cnc2c(S(=O)(=O)N[C@H](C)CN3CCC[C@H](C)C3)cccc2c1. The second-order valence-corrected chi connectivity index (χ2v) is 9.05. The molecule has 2 aromatic rings. The Balaban J connectivity index is 1.77. The van der Waals surface area contributed by atoms with Crippen molar-refractivity contribution in [1.82, 2.24) is 14.6 Å². The van der Waals surface area contributed by atoms with Gasteiger partial charge in [-0.25, -0.2) is 13.1 Å². The summed E-state index contributed by atoms with van der Waals surface area (Å²) in [7, 11) is -3.60. The van der Waals surface area contributed by atoms with Crippen molar-refractivity contribution in [2.45, 2.75) is 44.6 Å². The molecule has 1 aliphatic heterocycles. The van der Waals surface area contributed by atoms with E-state index in [0.29, 0.717) is 11.4 Å². The van der Waals surface area contributed by atoms with E-state index in [1.807, 2.05) is 26.0 Å². The van der Waals surface area contributed by atoms with Gasteiger partial charge in [0.2, 0.25) is 10.0 Å². The van der Waals surface area contributed by atoms with Gasteiger partial charge >= 0.3 is 0 Å². The van der Waals surface area contributed by atoms with Crippen molar-refractivity contribution in [3.05, 3.63) is 36.0 Å². The zero-order chi connectivity index (χ0) is 18.0. The lowest BCUT2D eigenvalue weighted by molar-refractivity contribution is 0.174. The maximum Gasteiger partial charge on any atom is 0.243 e. The molecule has 0 unspecified atom stereocenters. The number of pyridine rings is 1. The largest absolute Gasteiger partial charge is 0.301 e. The molecule has 3 rings (SSSR count). The molecular weight excluding hydrogens is 334 g/mol. The number of hydrogen-bond acceptors (Lipinski definition) is 4. The molecule has 1 saturated heterocycles.